The van der Waals surface area contributed by atoms with E-state index in [0.717, 1.165) is 95.5 Å². The molecule has 0 bridgehead atoms. The van der Waals surface area contributed by atoms with Crippen LogP contribution >= 0.6 is 0 Å². The number of benzene rings is 1. The molecule has 0 amide bonds. The maximum Gasteiger partial charge on any atom is 0.314 e. The van der Waals surface area contributed by atoms with Crippen molar-refractivity contribution in [3.8, 4) is 0 Å². The topological polar surface area (TPSA) is 169 Å². The molecule has 1 saturated heterocycles. The van der Waals surface area contributed by atoms with Gasteiger partial charge in [-0.2, -0.15) is 0 Å². The van der Waals surface area contributed by atoms with E-state index in [1.54, 1.807) is 5.57 Å². The van der Waals surface area contributed by atoms with Crippen molar-refractivity contribution in [1.82, 2.24) is 0 Å². The third-order valence-electron chi connectivity index (χ3n) is 30.1. The van der Waals surface area contributed by atoms with Crippen molar-refractivity contribution in [2.24, 2.45) is 113 Å². The molecule has 15 heteroatoms. The van der Waals surface area contributed by atoms with Crippen LogP contribution in [0.25, 0.3) is 0 Å². The smallest absolute Gasteiger partial charge is 0.314 e. The second-order valence-electron chi connectivity index (χ2n) is 34.2. The molecule has 0 spiro atoms. The second kappa shape index (κ2) is 28.2. The number of aliphatic hydroxyl groups excluding tert-OH is 3. The van der Waals surface area contributed by atoms with Gasteiger partial charge in [-0.3, -0.25) is 9.59 Å². The van der Waals surface area contributed by atoms with Crippen LogP contribution in [0.15, 0.2) is 53.6 Å². The second-order valence-corrected chi connectivity index (χ2v) is 34.2. The van der Waals surface area contributed by atoms with Crippen molar-refractivity contribution in [3.05, 3.63) is 59.2 Å². The summed E-state index contributed by atoms with van der Waals surface area (Å²) < 4.78 is 48.7. The molecule has 13 nitrogen and oxygen atoms in total. The zero-order valence-corrected chi connectivity index (χ0v) is 69.2. The Hall–Kier alpha value is 0.163. The number of aliphatic hydroxyl groups is 3. The standard InChI is InChI=1S/C39H64O7.C38H56O6.2Ac/c1-11-41-23-43-28-21-35(7)29(36(8)22-45-34(5,6)46-32(28)36)16-17-38(10)30(35)14-13-27-31-26(4)25(3)15-18-39(31,20-19-37(27,38)9)33(40)44-24-42-12-2;1-24-14-17-38(33(42)44-23-43-21-26-10-8-7-9-11-26)19-18-36(5)27(31(38)25(24)2)12-13-30-34(3)20-28(40)32(41)35(4,22-39)29(34)15-16-37(30,36)6;;/h13,25-26,28-32H,11-12,14-24H2,1-10H3;7-12,24-25,28-32,39-41H,13-23H2,1-6H3;;/t25-,26+,28?,29?,30?,31?,32?,35+,36-,37-,38-,39?;24-,25+,28?,29?,30?,31?,32?,34+,35-,36-,37-,38?;;/m11../s1. The van der Waals surface area contributed by atoms with Gasteiger partial charge in [-0.15, -0.1) is 0 Å². The fraction of sp³-hybridized carbons (Fsp3) is 0.844. The third-order valence-corrected chi connectivity index (χ3v) is 30.1. The van der Waals surface area contributed by atoms with Gasteiger partial charge < -0.3 is 53.2 Å². The van der Waals surface area contributed by atoms with Crippen molar-refractivity contribution in [3.63, 3.8) is 0 Å². The summed E-state index contributed by atoms with van der Waals surface area (Å²) in [5.41, 5.74) is 2.10. The molecule has 92 heavy (non-hydrogen) atoms. The number of hydrogen-bond acceptors (Lipinski definition) is 13. The van der Waals surface area contributed by atoms with Gasteiger partial charge in [-0.1, -0.05) is 137 Å². The summed E-state index contributed by atoms with van der Waals surface area (Å²) in [6.45, 7) is 39.5. The molecule has 2 radical (unpaired) electrons. The molecule has 8 saturated carbocycles. The van der Waals surface area contributed by atoms with E-state index in [9.17, 15) is 24.9 Å². The van der Waals surface area contributed by atoms with Crippen LogP contribution in [-0.2, 0) is 54.1 Å². The van der Waals surface area contributed by atoms with E-state index in [1.807, 2.05) is 65.0 Å². The zero-order valence-electron chi connectivity index (χ0n) is 59.7. The molecule has 1 aliphatic heterocycles. The number of esters is 2. The Kier molecular flexibility index (Phi) is 23.4. The molecular formula is C77H120Ac2O13. The van der Waals surface area contributed by atoms with E-state index in [0.29, 0.717) is 81.1 Å². The first-order valence-corrected chi connectivity index (χ1v) is 35.8. The molecule has 1 heterocycles. The summed E-state index contributed by atoms with van der Waals surface area (Å²) in [4.78, 5) is 28.2. The van der Waals surface area contributed by atoms with E-state index in [4.69, 9.17) is 37.9 Å². The summed E-state index contributed by atoms with van der Waals surface area (Å²) in [6.07, 6.45) is 18.6. The van der Waals surface area contributed by atoms with Crippen molar-refractivity contribution >= 4 is 11.9 Å². The number of carbonyl (C=O) groups excluding carboxylic acids is 2. The van der Waals surface area contributed by atoms with Gasteiger partial charge in [0.1, 0.15) is 6.79 Å². The van der Waals surface area contributed by atoms with Gasteiger partial charge in [0.2, 0.25) is 0 Å². The molecule has 3 N–H and O–H groups in total. The number of carbonyl (C=O) groups is 2. The molecule has 11 aliphatic rings. The Morgan fingerprint density at radius 2 is 1.07 bits per heavy atom. The first kappa shape index (κ1) is 76.3. The van der Waals surface area contributed by atoms with E-state index in [2.05, 4.69) is 88.3 Å². The Labute approximate surface area is 626 Å². The van der Waals surface area contributed by atoms with Crippen molar-refractivity contribution in [1.29, 1.82) is 0 Å². The van der Waals surface area contributed by atoms with E-state index >= 15 is 0 Å². The summed E-state index contributed by atoms with van der Waals surface area (Å²) in [6, 6.07) is 9.98. The molecule has 512 valence electrons. The quantitative estimate of drug-likeness (QED) is 0.0697. The molecule has 1 aromatic carbocycles. The molecule has 10 aliphatic carbocycles. The van der Waals surface area contributed by atoms with Crippen LogP contribution in [0.5, 0.6) is 0 Å². The van der Waals surface area contributed by atoms with Gasteiger partial charge in [0.25, 0.3) is 0 Å². The Bertz CT molecular complexity index is 2830. The van der Waals surface area contributed by atoms with E-state index < -0.39 is 34.2 Å². The van der Waals surface area contributed by atoms with Gasteiger partial charge in [-0.05, 0) is 228 Å². The van der Waals surface area contributed by atoms with Crippen LogP contribution in [0.3, 0.4) is 0 Å². The Morgan fingerprint density at radius 1 is 0.576 bits per heavy atom. The average molecular weight is 1710 g/mol. The number of allylic oxidation sites excluding steroid dienone is 4. The summed E-state index contributed by atoms with van der Waals surface area (Å²) >= 11 is 0. The molecule has 0 aromatic heterocycles. The van der Waals surface area contributed by atoms with Crippen molar-refractivity contribution in [2.45, 2.75) is 250 Å². The molecule has 12 rings (SSSR count). The predicted molar refractivity (Wildman–Crippen MR) is 348 cm³/mol. The van der Waals surface area contributed by atoms with Crippen molar-refractivity contribution in [2.75, 3.05) is 46.8 Å². The van der Waals surface area contributed by atoms with Crippen LogP contribution in [0.2, 0.25) is 0 Å². The Morgan fingerprint density at radius 3 is 1.58 bits per heavy atom. The average Bonchev–Trinajstić information content (AvgIpc) is 0.679. The first-order valence-electron chi connectivity index (χ1n) is 35.8. The van der Waals surface area contributed by atoms with Gasteiger partial charge in [-0.25, -0.2) is 0 Å². The van der Waals surface area contributed by atoms with Crippen molar-refractivity contribution < 1.29 is 151 Å². The van der Waals surface area contributed by atoms with Crippen LogP contribution in [0, 0.1) is 201 Å². The minimum Gasteiger partial charge on any atom is -0.438 e. The Balaban J connectivity index is 0.000000213. The van der Waals surface area contributed by atoms with Gasteiger partial charge in [0.15, 0.2) is 19.4 Å². The molecule has 12 unspecified atom stereocenters. The third kappa shape index (κ3) is 12.0. The fourth-order valence-electron chi connectivity index (χ4n) is 24.5. The van der Waals surface area contributed by atoms with E-state index in [1.165, 1.54) is 12.0 Å². The SMILES string of the molecule is CCOCOC(=O)C12CC[C@@H](C)[C@H](C)C1C1=CCC3[C@@]4(C)CC(OCOCC)C5OC(C)(C)OC[C@]5(C)C4CC[C@@]3(C)[C@]1(C)CC2.C[C@@H]1CCC2(C(=O)OCOCc3ccccc3)CC[C@]3(C)C(=CCC4[C@@]5(C)CC(O)C(O)[C@](C)(CO)C5CC[C@]43C)C2[C@H]1C.[Ac].[Ac]. The van der Waals surface area contributed by atoms with Crippen LogP contribution in [0.4, 0.5) is 0 Å². The predicted octanol–water partition coefficient (Wildman–Crippen LogP) is 15.0. The summed E-state index contributed by atoms with van der Waals surface area (Å²) in [5.74, 6) is 2.90. The molecule has 1 aromatic rings. The van der Waals surface area contributed by atoms with Crippen LogP contribution < -0.4 is 0 Å². The first-order chi connectivity index (χ1) is 42.4. The largest absolute Gasteiger partial charge is 0.438 e. The summed E-state index contributed by atoms with van der Waals surface area (Å²) in [5, 5.41) is 32.8. The number of hydrogen-bond donors (Lipinski definition) is 3. The van der Waals surface area contributed by atoms with Crippen LogP contribution in [0.1, 0.15) is 219 Å². The number of fused-ring (bicyclic) bond motifs is 16. The zero-order chi connectivity index (χ0) is 65.0. The summed E-state index contributed by atoms with van der Waals surface area (Å²) in [7, 11) is 0. The normalized spacial score (nSPS) is 47.7. The van der Waals surface area contributed by atoms with E-state index in [-0.39, 0.29) is 188 Å². The van der Waals surface area contributed by atoms with Gasteiger partial charge in [0, 0.05) is 112 Å². The monoisotopic (exact) mass is 1710 g/mol. The van der Waals surface area contributed by atoms with Gasteiger partial charge in [0.05, 0.1) is 55.1 Å². The van der Waals surface area contributed by atoms with Gasteiger partial charge >= 0.3 is 11.9 Å². The molecule has 24 atom stereocenters. The molecule has 9 fully saturated rings. The minimum absolute atomic E-state index is 0. The molecular weight excluding hydrogens is 1590 g/mol. The maximum atomic E-state index is 14.2. The van der Waals surface area contributed by atoms with Crippen LogP contribution in [-0.4, -0.2) is 104 Å². The maximum absolute atomic E-state index is 14.2. The number of rotatable bonds is 14. The number of ether oxygens (including phenoxy) is 8. The fourth-order valence-corrected chi connectivity index (χ4v) is 24.5. The minimum atomic E-state index is -0.914.